The average molecular weight is 201 g/mol. The van der Waals surface area contributed by atoms with E-state index in [0.29, 0.717) is 19.7 Å². The Bertz CT molecular complexity index is 223. The number of amides is 1. The zero-order valence-electron chi connectivity index (χ0n) is 8.23. The van der Waals surface area contributed by atoms with Crippen molar-refractivity contribution in [2.45, 2.75) is 13.3 Å². The average Bonchev–Trinajstić information content (AvgIpc) is 2.01. The topological polar surface area (TPSA) is 66.8 Å². The van der Waals surface area contributed by atoms with Crippen LogP contribution in [-0.2, 0) is 14.3 Å². The van der Waals surface area contributed by atoms with Gasteiger partial charge in [-0.05, 0) is 6.42 Å². The lowest BCUT2D eigenvalue weighted by atomic mass is 10.0. The highest BCUT2D eigenvalue weighted by Crippen LogP contribution is 2.15. The van der Waals surface area contributed by atoms with Crippen molar-refractivity contribution in [1.82, 2.24) is 4.90 Å². The molecule has 80 valence electrons. The highest BCUT2D eigenvalue weighted by atomic mass is 16.5. The molecule has 0 radical (unpaired) electrons. The molecule has 0 saturated carbocycles. The highest BCUT2D eigenvalue weighted by molar-refractivity contribution is 5.81. The second kappa shape index (κ2) is 4.95. The summed E-state index contributed by atoms with van der Waals surface area (Å²) in [4.78, 5) is 23.2. The summed E-state index contributed by atoms with van der Waals surface area (Å²) in [5.74, 6) is -1.33. The van der Waals surface area contributed by atoms with E-state index in [9.17, 15) is 9.59 Å². The number of carboxylic acid groups (broad SMARTS) is 1. The van der Waals surface area contributed by atoms with Crippen molar-refractivity contribution in [2.75, 3.05) is 26.3 Å². The van der Waals surface area contributed by atoms with Gasteiger partial charge in [-0.2, -0.15) is 0 Å². The number of carbonyl (C=O) groups is 2. The lowest BCUT2D eigenvalue weighted by molar-refractivity contribution is -0.154. The summed E-state index contributed by atoms with van der Waals surface area (Å²) in [7, 11) is 0. The van der Waals surface area contributed by atoms with Crippen LogP contribution in [0.3, 0.4) is 0 Å². The number of likely N-dealkylation sites (tertiary alicyclic amines) is 1. The van der Waals surface area contributed by atoms with Crippen molar-refractivity contribution in [2.24, 2.45) is 5.92 Å². The quantitative estimate of drug-likeness (QED) is 0.633. The molecule has 0 atom stereocenters. The van der Waals surface area contributed by atoms with Gasteiger partial charge in [0.05, 0.1) is 5.92 Å². The van der Waals surface area contributed by atoms with E-state index in [1.807, 2.05) is 6.92 Å². The first-order valence-electron chi connectivity index (χ1n) is 4.73. The Morgan fingerprint density at radius 2 is 2.14 bits per heavy atom. The summed E-state index contributed by atoms with van der Waals surface area (Å²) in [5.41, 5.74) is 0. The molecule has 5 nitrogen and oxygen atoms in total. The van der Waals surface area contributed by atoms with Gasteiger partial charge in [0.15, 0.2) is 0 Å². The Morgan fingerprint density at radius 3 is 2.64 bits per heavy atom. The molecule has 1 saturated heterocycles. The lowest BCUT2D eigenvalue weighted by Gasteiger charge is -2.36. The van der Waals surface area contributed by atoms with Crippen LogP contribution < -0.4 is 0 Å². The van der Waals surface area contributed by atoms with E-state index in [1.54, 1.807) is 0 Å². The smallest absolute Gasteiger partial charge is 0.310 e. The van der Waals surface area contributed by atoms with Crippen LogP contribution in [0.5, 0.6) is 0 Å². The van der Waals surface area contributed by atoms with Gasteiger partial charge in [0.2, 0.25) is 5.91 Å². The van der Waals surface area contributed by atoms with Crippen LogP contribution in [0.25, 0.3) is 0 Å². The van der Waals surface area contributed by atoms with Gasteiger partial charge in [0.1, 0.15) is 6.61 Å². The van der Waals surface area contributed by atoms with Gasteiger partial charge in [0.25, 0.3) is 0 Å². The molecule has 0 aliphatic carbocycles. The molecular weight excluding hydrogens is 186 g/mol. The minimum atomic E-state index is -0.830. The Kier molecular flexibility index (Phi) is 3.88. The normalized spacial score (nSPS) is 16.5. The van der Waals surface area contributed by atoms with E-state index in [-0.39, 0.29) is 18.4 Å². The molecule has 1 fully saturated rings. The molecule has 1 rings (SSSR count). The van der Waals surface area contributed by atoms with Crippen molar-refractivity contribution in [3.8, 4) is 0 Å². The number of carbonyl (C=O) groups excluding carboxylic acids is 1. The van der Waals surface area contributed by atoms with Gasteiger partial charge in [0, 0.05) is 19.7 Å². The first kappa shape index (κ1) is 11.0. The number of aliphatic carboxylic acids is 1. The molecule has 0 aromatic heterocycles. The summed E-state index contributed by atoms with van der Waals surface area (Å²) in [6, 6.07) is 0. The third-order valence-electron chi connectivity index (χ3n) is 2.16. The fraction of sp³-hybridized carbons (Fsp3) is 0.778. The molecule has 0 spiro atoms. The zero-order valence-corrected chi connectivity index (χ0v) is 8.23. The van der Waals surface area contributed by atoms with Gasteiger partial charge in [-0.25, -0.2) is 0 Å². The Hall–Kier alpha value is -1.10. The van der Waals surface area contributed by atoms with Gasteiger partial charge in [-0.15, -0.1) is 0 Å². The fourth-order valence-corrected chi connectivity index (χ4v) is 1.23. The summed E-state index contributed by atoms with van der Waals surface area (Å²) in [6.45, 7) is 3.25. The lowest BCUT2D eigenvalue weighted by Crippen LogP contribution is -2.54. The summed E-state index contributed by atoms with van der Waals surface area (Å²) in [6.07, 6.45) is 0.880. The maximum Gasteiger partial charge on any atom is 0.310 e. The molecule has 0 aromatic carbocycles. The van der Waals surface area contributed by atoms with Crippen molar-refractivity contribution >= 4 is 11.9 Å². The number of ether oxygens (including phenoxy) is 1. The molecule has 1 heterocycles. The standard InChI is InChI=1S/C9H15NO4/c1-2-3-14-6-8(11)10-4-7(5-10)9(12)13/h7H,2-6H2,1H3,(H,12,13). The van der Waals surface area contributed by atoms with Crippen LogP contribution in [0.4, 0.5) is 0 Å². The van der Waals surface area contributed by atoms with Crippen LogP contribution in [0.1, 0.15) is 13.3 Å². The van der Waals surface area contributed by atoms with Crippen LogP contribution in [-0.4, -0.2) is 48.2 Å². The maximum absolute atomic E-state index is 11.3. The number of rotatable bonds is 5. The van der Waals surface area contributed by atoms with Gasteiger partial charge >= 0.3 is 5.97 Å². The maximum atomic E-state index is 11.3. The molecule has 1 aliphatic heterocycles. The summed E-state index contributed by atoms with van der Waals surface area (Å²) < 4.78 is 5.06. The Morgan fingerprint density at radius 1 is 1.50 bits per heavy atom. The second-order valence-electron chi connectivity index (χ2n) is 3.39. The molecule has 1 amide bonds. The highest BCUT2D eigenvalue weighted by Gasteiger charge is 2.35. The molecule has 0 bridgehead atoms. The van der Waals surface area contributed by atoms with E-state index in [4.69, 9.17) is 9.84 Å². The van der Waals surface area contributed by atoms with Gasteiger partial charge in [-0.1, -0.05) is 6.92 Å². The first-order valence-corrected chi connectivity index (χ1v) is 4.73. The van der Waals surface area contributed by atoms with Crippen molar-refractivity contribution < 1.29 is 19.4 Å². The number of hydrogen-bond acceptors (Lipinski definition) is 3. The second-order valence-corrected chi connectivity index (χ2v) is 3.39. The predicted molar refractivity (Wildman–Crippen MR) is 48.8 cm³/mol. The predicted octanol–water partition coefficient (Wildman–Crippen LogP) is -0.0440. The van der Waals surface area contributed by atoms with Crippen LogP contribution in [0.2, 0.25) is 0 Å². The minimum Gasteiger partial charge on any atom is -0.481 e. The number of nitrogens with zero attached hydrogens (tertiary/aromatic N) is 1. The van der Waals surface area contributed by atoms with E-state index >= 15 is 0 Å². The van der Waals surface area contributed by atoms with Crippen molar-refractivity contribution in [3.05, 3.63) is 0 Å². The molecule has 5 heteroatoms. The number of carboxylic acids is 1. The molecular formula is C9H15NO4. The van der Waals surface area contributed by atoms with E-state index in [0.717, 1.165) is 6.42 Å². The summed E-state index contributed by atoms with van der Waals surface area (Å²) in [5, 5.41) is 8.58. The fourth-order valence-electron chi connectivity index (χ4n) is 1.23. The van der Waals surface area contributed by atoms with E-state index < -0.39 is 5.97 Å². The van der Waals surface area contributed by atoms with E-state index in [1.165, 1.54) is 4.90 Å². The monoisotopic (exact) mass is 201 g/mol. The SMILES string of the molecule is CCCOCC(=O)N1CC(C(=O)O)C1. The van der Waals surface area contributed by atoms with Crippen molar-refractivity contribution in [3.63, 3.8) is 0 Å². The molecule has 0 unspecified atom stereocenters. The minimum absolute atomic E-state index is 0.0696. The first-order chi connectivity index (χ1) is 6.65. The third kappa shape index (κ3) is 2.70. The number of hydrogen-bond donors (Lipinski definition) is 1. The van der Waals surface area contributed by atoms with Crippen LogP contribution >= 0.6 is 0 Å². The molecule has 14 heavy (non-hydrogen) atoms. The van der Waals surface area contributed by atoms with Gasteiger partial charge in [-0.3, -0.25) is 9.59 Å². The molecule has 1 N–H and O–H groups in total. The van der Waals surface area contributed by atoms with Crippen LogP contribution in [0.15, 0.2) is 0 Å². The third-order valence-corrected chi connectivity index (χ3v) is 2.16. The zero-order chi connectivity index (χ0) is 10.6. The summed E-state index contributed by atoms with van der Waals surface area (Å²) >= 11 is 0. The van der Waals surface area contributed by atoms with Crippen molar-refractivity contribution in [1.29, 1.82) is 0 Å². The molecule has 1 aliphatic rings. The largest absolute Gasteiger partial charge is 0.481 e. The Labute approximate surface area is 82.6 Å². The van der Waals surface area contributed by atoms with E-state index in [2.05, 4.69) is 0 Å². The van der Waals surface area contributed by atoms with Crippen LogP contribution in [0, 0.1) is 5.92 Å². The van der Waals surface area contributed by atoms with Gasteiger partial charge < -0.3 is 14.7 Å². The molecule has 0 aromatic rings. The Balaban J connectivity index is 2.13.